The summed E-state index contributed by atoms with van der Waals surface area (Å²) in [6, 6.07) is 14.3. The van der Waals surface area contributed by atoms with E-state index in [1.165, 1.54) is 19.2 Å². The van der Waals surface area contributed by atoms with Crippen LogP contribution in [0.3, 0.4) is 0 Å². The van der Waals surface area contributed by atoms with Crippen molar-refractivity contribution in [2.45, 2.75) is 19.0 Å². The molecule has 0 aliphatic rings. The van der Waals surface area contributed by atoms with Gasteiger partial charge in [-0.3, -0.25) is 10.2 Å². The highest BCUT2D eigenvalue weighted by Gasteiger charge is 2.41. The van der Waals surface area contributed by atoms with Gasteiger partial charge in [-0.2, -0.15) is 13.2 Å². The van der Waals surface area contributed by atoms with E-state index in [0.717, 1.165) is 17.2 Å². The number of halogens is 3. The number of aryl methyl sites for hydroxylation is 1. The smallest absolute Gasteiger partial charge is 0.481 e. The van der Waals surface area contributed by atoms with Crippen molar-refractivity contribution < 1.29 is 32.2 Å². The number of pyridine rings is 1. The van der Waals surface area contributed by atoms with Gasteiger partial charge >= 0.3 is 12.1 Å². The van der Waals surface area contributed by atoms with Crippen LogP contribution in [0.15, 0.2) is 60.8 Å². The van der Waals surface area contributed by atoms with E-state index in [0.29, 0.717) is 17.9 Å². The summed E-state index contributed by atoms with van der Waals surface area (Å²) in [6.45, 7) is 0.208. The highest BCUT2D eigenvalue weighted by Crippen LogP contribution is 2.26. The monoisotopic (exact) mass is 500 g/mol. The van der Waals surface area contributed by atoms with Gasteiger partial charge in [-0.25, -0.2) is 9.78 Å². The number of nitrogens with two attached hydrogens (primary N) is 1. The molecule has 0 fully saturated rings. The maximum Gasteiger partial charge on any atom is 0.491 e. The lowest BCUT2D eigenvalue weighted by molar-refractivity contribution is -0.189. The van der Waals surface area contributed by atoms with E-state index < -0.39 is 12.1 Å². The van der Waals surface area contributed by atoms with Gasteiger partial charge in [-0.15, -0.1) is 0 Å². The average molecular weight is 500 g/mol. The maximum absolute atomic E-state index is 12.6. The first-order chi connectivity index (χ1) is 17.1. The minimum absolute atomic E-state index is 0.172. The zero-order valence-electron chi connectivity index (χ0n) is 19.2. The first-order valence-corrected chi connectivity index (χ1v) is 10.7. The molecule has 0 atom stereocenters. The standard InChI is InChI=1S/C25H23F3N4O4/c1-35-21-11-9-19(14-32-21)15-4-6-16(7-5-15)23(33)31-12-2-3-17-13-18(22(29)30)8-10-20(17)36-24(34)25(26,27)28/h4-11,13-14H,2-3,12H2,1H3,(H3,29,30)(H,31,33). The first-order valence-electron chi connectivity index (χ1n) is 10.7. The summed E-state index contributed by atoms with van der Waals surface area (Å²) in [5.74, 6) is -2.74. The fourth-order valence-corrected chi connectivity index (χ4v) is 3.27. The van der Waals surface area contributed by atoms with Crippen LogP contribution in [0.2, 0.25) is 0 Å². The van der Waals surface area contributed by atoms with Gasteiger partial charge in [0, 0.05) is 35.5 Å². The number of hydrogen-bond donors (Lipinski definition) is 3. The van der Waals surface area contributed by atoms with Crippen molar-refractivity contribution in [3.63, 3.8) is 0 Å². The Hall–Kier alpha value is -4.41. The molecule has 0 saturated carbocycles. The number of ether oxygens (including phenoxy) is 2. The fourth-order valence-electron chi connectivity index (χ4n) is 3.27. The van der Waals surface area contributed by atoms with Crippen molar-refractivity contribution in [1.82, 2.24) is 10.3 Å². The number of carbonyl (C=O) groups excluding carboxylic acids is 2. The summed E-state index contributed by atoms with van der Waals surface area (Å²) in [7, 11) is 1.53. The summed E-state index contributed by atoms with van der Waals surface area (Å²) in [5.41, 5.74) is 8.14. The molecular formula is C25H23F3N4O4. The van der Waals surface area contributed by atoms with Crippen LogP contribution in [0.25, 0.3) is 11.1 Å². The van der Waals surface area contributed by atoms with Gasteiger partial charge in [0.25, 0.3) is 5.91 Å². The minimum atomic E-state index is -5.15. The molecule has 188 valence electrons. The first kappa shape index (κ1) is 26.2. The van der Waals surface area contributed by atoms with Gasteiger partial charge in [0.2, 0.25) is 5.88 Å². The van der Waals surface area contributed by atoms with Crippen molar-refractivity contribution in [2.75, 3.05) is 13.7 Å². The number of rotatable bonds is 9. The number of hydrogen-bond acceptors (Lipinski definition) is 6. The van der Waals surface area contributed by atoms with Gasteiger partial charge in [-0.1, -0.05) is 12.1 Å². The van der Waals surface area contributed by atoms with Crippen LogP contribution in [-0.2, 0) is 11.2 Å². The molecule has 4 N–H and O–H groups in total. The van der Waals surface area contributed by atoms with E-state index in [1.807, 2.05) is 6.07 Å². The van der Waals surface area contributed by atoms with Crippen LogP contribution in [0.4, 0.5) is 13.2 Å². The number of nitrogens with one attached hydrogen (secondary N) is 2. The Morgan fingerprint density at radius 2 is 1.69 bits per heavy atom. The number of benzene rings is 2. The van der Waals surface area contributed by atoms with Crippen molar-refractivity contribution in [1.29, 1.82) is 5.41 Å². The van der Waals surface area contributed by atoms with Crippen molar-refractivity contribution >= 4 is 17.7 Å². The SMILES string of the molecule is COc1ccc(-c2ccc(C(=O)NCCCc3cc(C(=N)N)ccc3OC(=O)C(F)(F)F)cc2)cn1. The second kappa shape index (κ2) is 11.3. The van der Waals surface area contributed by atoms with Gasteiger partial charge in [-0.05, 0) is 60.4 Å². The zero-order chi connectivity index (χ0) is 26.3. The molecule has 0 aliphatic heterocycles. The summed E-state index contributed by atoms with van der Waals surface area (Å²) in [5, 5.41) is 10.3. The molecule has 1 heterocycles. The van der Waals surface area contributed by atoms with E-state index in [-0.39, 0.29) is 41.6 Å². The van der Waals surface area contributed by atoms with Gasteiger partial charge in [0.15, 0.2) is 0 Å². The number of methoxy groups -OCH3 is 1. The molecule has 1 amide bonds. The molecular weight excluding hydrogens is 477 g/mol. The molecule has 0 spiro atoms. The molecule has 11 heteroatoms. The third kappa shape index (κ3) is 6.81. The minimum Gasteiger partial charge on any atom is -0.481 e. The van der Waals surface area contributed by atoms with Gasteiger partial charge in [0.05, 0.1) is 7.11 Å². The largest absolute Gasteiger partial charge is 0.491 e. The second-order valence-electron chi connectivity index (χ2n) is 7.65. The van der Waals surface area contributed by atoms with E-state index >= 15 is 0 Å². The molecule has 2 aromatic carbocycles. The molecule has 3 rings (SSSR count). The summed E-state index contributed by atoms with van der Waals surface area (Å²) in [4.78, 5) is 27.9. The summed E-state index contributed by atoms with van der Waals surface area (Å²) >= 11 is 0. The molecule has 0 radical (unpaired) electrons. The summed E-state index contributed by atoms with van der Waals surface area (Å²) in [6.07, 6.45) is -2.98. The average Bonchev–Trinajstić information content (AvgIpc) is 2.86. The Morgan fingerprint density at radius 3 is 2.28 bits per heavy atom. The normalized spacial score (nSPS) is 11.0. The van der Waals surface area contributed by atoms with Crippen LogP contribution in [0.1, 0.15) is 27.9 Å². The molecule has 3 aromatic rings. The predicted molar refractivity (Wildman–Crippen MR) is 126 cm³/mol. The van der Waals surface area contributed by atoms with Crippen LogP contribution >= 0.6 is 0 Å². The zero-order valence-corrected chi connectivity index (χ0v) is 19.2. The lowest BCUT2D eigenvalue weighted by Gasteiger charge is -2.13. The number of carbonyl (C=O) groups is 2. The van der Waals surface area contributed by atoms with E-state index in [1.54, 1.807) is 36.5 Å². The summed E-state index contributed by atoms with van der Waals surface area (Å²) < 4.78 is 47.3. The lowest BCUT2D eigenvalue weighted by atomic mass is 10.0. The Balaban J connectivity index is 1.59. The van der Waals surface area contributed by atoms with Crippen molar-refractivity contribution in [3.8, 4) is 22.8 Å². The fraction of sp³-hybridized carbons (Fsp3) is 0.200. The molecule has 8 nitrogen and oxygen atoms in total. The number of nitrogens with zero attached hydrogens (tertiary/aromatic N) is 1. The third-order valence-electron chi connectivity index (χ3n) is 5.14. The maximum atomic E-state index is 12.6. The molecule has 0 aliphatic carbocycles. The third-order valence-corrected chi connectivity index (χ3v) is 5.14. The van der Waals surface area contributed by atoms with Crippen molar-refractivity contribution in [3.05, 3.63) is 77.5 Å². The Morgan fingerprint density at radius 1 is 1.03 bits per heavy atom. The molecule has 0 unspecified atom stereocenters. The highest BCUT2D eigenvalue weighted by atomic mass is 19.4. The Bertz CT molecular complexity index is 1240. The Kier molecular flexibility index (Phi) is 8.26. The van der Waals surface area contributed by atoms with Crippen LogP contribution in [-0.4, -0.2) is 42.5 Å². The number of esters is 1. The predicted octanol–water partition coefficient (Wildman–Crippen LogP) is 3.87. The second-order valence-corrected chi connectivity index (χ2v) is 7.65. The van der Waals surface area contributed by atoms with E-state index in [9.17, 15) is 22.8 Å². The van der Waals surface area contributed by atoms with Crippen molar-refractivity contribution in [2.24, 2.45) is 5.73 Å². The highest BCUT2D eigenvalue weighted by molar-refractivity contribution is 5.95. The Labute approximate surface area is 204 Å². The van der Waals surface area contributed by atoms with Crippen LogP contribution < -0.4 is 20.5 Å². The molecule has 36 heavy (non-hydrogen) atoms. The lowest BCUT2D eigenvalue weighted by Crippen LogP contribution is -2.28. The number of amides is 1. The molecule has 1 aromatic heterocycles. The van der Waals surface area contributed by atoms with Crippen LogP contribution in [0, 0.1) is 5.41 Å². The van der Waals surface area contributed by atoms with Gasteiger partial charge in [0.1, 0.15) is 11.6 Å². The van der Waals surface area contributed by atoms with E-state index in [4.69, 9.17) is 15.9 Å². The van der Waals surface area contributed by atoms with Gasteiger partial charge < -0.3 is 20.5 Å². The van der Waals surface area contributed by atoms with E-state index in [2.05, 4.69) is 15.0 Å². The van der Waals surface area contributed by atoms with Crippen LogP contribution in [0.5, 0.6) is 11.6 Å². The molecule has 0 saturated heterocycles. The number of aromatic nitrogens is 1. The number of amidine groups is 1. The number of alkyl halides is 3. The topological polar surface area (TPSA) is 127 Å². The number of nitrogen functional groups attached to an aromatic ring is 1. The molecule has 0 bridgehead atoms. The quantitative estimate of drug-likeness (QED) is 0.135.